The molecule has 1 amide bonds. The molecule has 148 valence electrons. The maximum Gasteiger partial charge on any atom is 0.270 e. The van der Waals surface area contributed by atoms with Crippen LogP contribution in [0.3, 0.4) is 0 Å². The van der Waals surface area contributed by atoms with Gasteiger partial charge >= 0.3 is 0 Å². The number of aliphatic imine (C=N–C) groups is 1. The molecule has 0 saturated heterocycles. The Morgan fingerprint density at radius 3 is 2.54 bits per heavy atom. The van der Waals surface area contributed by atoms with Gasteiger partial charge in [0.05, 0.1) is 23.3 Å². The number of nitrogens with zero attached hydrogens (tertiary/aromatic N) is 3. The van der Waals surface area contributed by atoms with Crippen molar-refractivity contribution in [3.63, 3.8) is 0 Å². The van der Waals surface area contributed by atoms with Crippen LogP contribution in [0.4, 0.5) is 17.1 Å². The van der Waals surface area contributed by atoms with Crippen LogP contribution in [-0.4, -0.2) is 31.2 Å². The van der Waals surface area contributed by atoms with Crippen LogP contribution < -0.4 is 9.64 Å². The Morgan fingerprint density at radius 2 is 1.96 bits per heavy atom. The van der Waals surface area contributed by atoms with E-state index in [1.165, 1.54) is 23.1 Å². The van der Waals surface area contributed by atoms with Crippen LogP contribution in [0.5, 0.6) is 5.75 Å². The van der Waals surface area contributed by atoms with E-state index >= 15 is 0 Å². The van der Waals surface area contributed by atoms with Crippen LogP contribution >= 0.6 is 0 Å². The predicted molar refractivity (Wildman–Crippen MR) is 111 cm³/mol. The van der Waals surface area contributed by atoms with E-state index < -0.39 is 4.92 Å². The lowest BCUT2D eigenvalue weighted by atomic mass is 10.1. The molecule has 0 heterocycles. The zero-order valence-electron chi connectivity index (χ0n) is 16.6. The number of nitro groups is 1. The zero-order chi connectivity index (χ0) is 20.7. The van der Waals surface area contributed by atoms with Gasteiger partial charge in [-0.25, -0.2) is 0 Å². The molecule has 0 fully saturated rings. The van der Waals surface area contributed by atoms with E-state index in [0.717, 1.165) is 12.8 Å². The number of amides is 1. The standard InChI is InChI=1S/C21H25N3O4/c1-5-6-15(2)14-22-20-12-9-17(24(26)27)13-19(20)21(25)23(3)16-7-10-18(28-4)11-8-16/h7-15H,5-6H2,1-4H3/b22-14+. The average Bonchev–Trinajstić information content (AvgIpc) is 2.71. The third-order valence-corrected chi connectivity index (χ3v) is 4.40. The fraction of sp³-hybridized carbons (Fsp3) is 0.333. The monoisotopic (exact) mass is 383 g/mol. The van der Waals surface area contributed by atoms with Crippen molar-refractivity contribution in [3.05, 3.63) is 58.1 Å². The lowest BCUT2D eigenvalue weighted by molar-refractivity contribution is -0.384. The predicted octanol–water partition coefficient (Wildman–Crippen LogP) is 5.02. The molecule has 0 spiro atoms. The van der Waals surface area contributed by atoms with Crippen LogP contribution in [0, 0.1) is 16.0 Å². The van der Waals surface area contributed by atoms with Crippen molar-refractivity contribution in [1.29, 1.82) is 0 Å². The Labute approximate surface area is 164 Å². The summed E-state index contributed by atoms with van der Waals surface area (Å²) in [6, 6.07) is 11.2. The van der Waals surface area contributed by atoms with E-state index in [1.807, 2.05) is 6.92 Å². The molecule has 7 heteroatoms. The Balaban J connectivity index is 2.39. The second-order valence-electron chi connectivity index (χ2n) is 6.56. The topological polar surface area (TPSA) is 85.0 Å². The van der Waals surface area contributed by atoms with Gasteiger partial charge in [0.25, 0.3) is 11.6 Å². The fourth-order valence-electron chi connectivity index (χ4n) is 2.76. The van der Waals surface area contributed by atoms with Crippen molar-refractivity contribution in [2.45, 2.75) is 26.7 Å². The summed E-state index contributed by atoms with van der Waals surface area (Å²) >= 11 is 0. The van der Waals surface area contributed by atoms with E-state index in [9.17, 15) is 14.9 Å². The Kier molecular flexibility index (Phi) is 7.26. The number of hydrogen-bond acceptors (Lipinski definition) is 5. The fourth-order valence-corrected chi connectivity index (χ4v) is 2.76. The number of ether oxygens (including phenoxy) is 1. The summed E-state index contributed by atoms with van der Waals surface area (Å²) in [7, 11) is 3.19. The van der Waals surface area contributed by atoms with Crippen LogP contribution in [0.25, 0.3) is 0 Å². The van der Waals surface area contributed by atoms with Gasteiger partial charge in [-0.05, 0) is 42.7 Å². The van der Waals surface area contributed by atoms with Crippen molar-refractivity contribution in [3.8, 4) is 5.75 Å². The molecule has 7 nitrogen and oxygen atoms in total. The summed E-state index contributed by atoms with van der Waals surface area (Å²) in [5, 5.41) is 11.2. The number of benzene rings is 2. The first kappa shape index (κ1) is 21.1. The molecule has 0 aromatic heterocycles. The summed E-state index contributed by atoms with van der Waals surface area (Å²) in [6.07, 6.45) is 3.79. The van der Waals surface area contributed by atoms with Gasteiger partial charge < -0.3 is 9.64 Å². The molecule has 1 unspecified atom stereocenters. The van der Waals surface area contributed by atoms with Crippen molar-refractivity contribution >= 4 is 29.2 Å². The Morgan fingerprint density at radius 1 is 1.29 bits per heavy atom. The minimum atomic E-state index is -0.517. The van der Waals surface area contributed by atoms with Crippen LogP contribution in [-0.2, 0) is 0 Å². The molecular formula is C21H25N3O4. The van der Waals surface area contributed by atoms with E-state index in [4.69, 9.17) is 4.74 Å². The number of anilines is 1. The highest BCUT2D eigenvalue weighted by atomic mass is 16.6. The molecule has 2 rings (SSSR count). The van der Waals surface area contributed by atoms with Gasteiger partial charge in [0.15, 0.2) is 0 Å². The summed E-state index contributed by atoms with van der Waals surface area (Å²) in [5.41, 5.74) is 1.10. The molecule has 1 atom stereocenters. The number of rotatable bonds is 8. The second kappa shape index (κ2) is 9.64. The molecule has 0 aliphatic heterocycles. The number of carbonyl (C=O) groups is 1. The highest BCUT2D eigenvalue weighted by Crippen LogP contribution is 2.28. The molecule has 0 aliphatic rings. The lowest BCUT2D eigenvalue weighted by Crippen LogP contribution is -2.26. The molecule has 2 aromatic carbocycles. The summed E-state index contributed by atoms with van der Waals surface area (Å²) < 4.78 is 5.13. The highest BCUT2D eigenvalue weighted by molar-refractivity contribution is 6.09. The molecule has 0 N–H and O–H groups in total. The van der Waals surface area contributed by atoms with E-state index in [0.29, 0.717) is 17.1 Å². The quantitative estimate of drug-likeness (QED) is 0.364. The first-order chi connectivity index (χ1) is 13.4. The van der Waals surface area contributed by atoms with E-state index in [2.05, 4.69) is 11.9 Å². The van der Waals surface area contributed by atoms with Gasteiger partial charge in [0, 0.05) is 31.1 Å². The third kappa shape index (κ3) is 5.16. The molecular weight excluding hydrogens is 358 g/mol. The largest absolute Gasteiger partial charge is 0.497 e. The van der Waals surface area contributed by atoms with Crippen molar-refractivity contribution in [2.24, 2.45) is 10.9 Å². The third-order valence-electron chi connectivity index (χ3n) is 4.40. The Bertz CT molecular complexity index is 862. The molecule has 0 bridgehead atoms. The molecule has 0 saturated carbocycles. The van der Waals surface area contributed by atoms with E-state index in [1.54, 1.807) is 44.6 Å². The number of methoxy groups -OCH3 is 1. The van der Waals surface area contributed by atoms with Crippen LogP contribution in [0.1, 0.15) is 37.0 Å². The van der Waals surface area contributed by atoms with Crippen molar-refractivity contribution < 1.29 is 14.5 Å². The van der Waals surface area contributed by atoms with Gasteiger partial charge in [-0.3, -0.25) is 19.9 Å². The zero-order valence-corrected chi connectivity index (χ0v) is 16.6. The molecule has 0 aliphatic carbocycles. The van der Waals surface area contributed by atoms with Gasteiger partial charge in [-0.1, -0.05) is 20.3 Å². The molecule has 28 heavy (non-hydrogen) atoms. The van der Waals surface area contributed by atoms with Gasteiger partial charge in [-0.2, -0.15) is 0 Å². The van der Waals surface area contributed by atoms with Gasteiger partial charge in [0.2, 0.25) is 0 Å². The first-order valence-electron chi connectivity index (χ1n) is 9.12. The highest BCUT2D eigenvalue weighted by Gasteiger charge is 2.21. The SMILES string of the molecule is CCCC(C)/C=N/c1ccc([N+](=O)[O-])cc1C(=O)N(C)c1ccc(OC)cc1. The number of nitro benzene ring substituents is 1. The summed E-state index contributed by atoms with van der Waals surface area (Å²) in [4.78, 5) is 29.6. The normalized spacial score (nSPS) is 12.0. The lowest BCUT2D eigenvalue weighted by Gasteiger charge is -2.18. The van der Waals surface area contributed by atoms with Crippen molar-refractivity contribution in [2.75, 3.05) is 19.1 Å². The number of hydrogen-bond donors (Lipinski definition) is 0. The first-order valence-corrected chi connectivity index (χ1v) is 9.12. The van der Waals surface area contributed by atoms with Gasteiger partial charge in [-0.15, -0.1) is 0 Å². The summed E-state index contributed by atoms with van der Waals surface area (Å²) in [5.74, 6) is 0.557. The van der Waals surface area contributed by atoms with Crippen LogP contribution in [0.2, 0.25) is 0 Å². The average molecular weight is 383 g/mol. The Hall–Kier alpha value is -3.22. The van der Waals surface area contributed by atoms with E-state index in [-0.39, 0.29) is 23.1 Å². The van der Waals surface area contributed by atoms with Crippen molar-refractivity contribution in [1.82, 2.24) is 0 Å². The number of non-ortho nitro benzene ring substituents is 1. The minimum Gasteiger partial charge on any atom is -0.497 e. The van der Waals surface area contributed by atoms with Gasteiger partial charge in [0.1, 0.15) is 5.75 Å². The van der Waals surface area contributed by atoms with Crippen LogP contribution in [0.15, 0.2) is 47.5 Å². The maximum absolute atomic E-state index is 13.1. The maximum atomic E-state index is 13.1. The molecule has 2 aromatic rings. The smallest absolute Gasteiger partial charge is 0.270 e. The second-order valence-corrected chi connectivity index (χ2v) is 6.56. The molecule has 0 radical (unpaired) electrons. The summed E-state index contributed by atoms with van der Waals surface area (Å²) in [6.45, 7) is 4.14. The minimum absolute atomic E-state index is 0.146. The number of carbonyl (C=O) groups excluding carboxylic acids is 1.